The number of hydrogen-bond acceptors (Lipinski definition) is 4. The van der Waals surface area contributed by atoms with E-state index in [2.05, 4.69) is 20.6 Å². The lowest BCUT2D eigenvalue weighted by Crippen LogP contribution is -2.27. The minimum absolute atomic E-state index is 0.215. The highest BCUT2D eigenvalue weighted by Gasteiger charge is 2.13. The molecule has 0 saturated carbocycles. The molecule has 0 fully saturated rings. The maximum atomic E-state index is 13.1. The maximum absolute atomic E-state index is 13.1. The van der Waals surface area contributed by atoms with Crippen molar-refractivity contribution in [2.45, 2.75) is 13.0 Å². The lowest BCUT2D eigenvalue weighted by atomic mass is 10.1. The van der Waals surface area contributed by atoms with Gasteiger partial charge in [-0.15, -0.1) is 0 Å². The molecule has 0 spiro atoms. The van der Waals surface area contributed by atoms with Gasteiger partial charge in [0.25, 0.3) is 5.91 Å². The Morgan fingerprint density at radius 1 is 1.30 bits per heavy atom. The molecule has 2 aromatic rings. The van der Waals surface area contributed by atoms with Crippen LogP contribution in [0, 0.1) is 5.82 Å². The first-order chi connectivity index (χ1) is 9.60. The second kappa shape index (κ2) is 6.10. The SMILES string of the molecule is CNc1cnc(C(=O)NC(C)c2cccc(F)c2)cn1. The fourth-order valence-electron chi connectivity index (χ4n) is 1.70. The monoisotopic (exact) mass is 274 g/mol. The number of carbonyl (C=O) groups is 1. The summed E-state index contributed by atoms with van der Waals surface area (Å²) in [6.07, 6.45) is 2.86. The van der Waals surface area contributed by atoms with Crippen LogP contribution >= 0.6 is 0 Å². The molecule has 0 radical (unpaired) electrons. The van der Waals surface area contributed by atoms with Crippen LogP contribution in [0.4, 0.5) is 10.2 Å². The first-order valence-corrected chi connectivity index (χ1v) is 6.16. The Labute approximate surface area is 116 Å². The Morgan fingerprint density at radius 2 is 2.10 bits per heavy atom. The lowest BCUT2D eigenvalue weighted by molar-refractivity contribution is 0.0934. The van der Waals surface area contributed by atoms with Crippen molar-refractivity contribution in [2.24, 2.45) is 0 Å². The fraction of sp³-hybridized carbons (Fsp3) is 0.214. The number of halogens is 1. The summed E-state index contributed by atoms with van der Waals surface area (Å²) in [5, 5.41) is 5.57. The summed E-state index contributed by atoms with van der Waals surface area (Å²) in [5.41, 5.74) is 0.908. The van der Waals surface area contributed by atoms with Crippen LogP contribution in [-0.4, -0.2) is 22.9 Å². The number of rotatable bonds is 4. The molecule has 0 aliphatic carbocycles. The van der Waals surface area contributed by atoms with E-state index in [0.717, 1.165) is 0 Å². The molecule has 1 aromatic carbocycles. The van der Waals surface area contributed by atoms with Gasteiger partial charge in [-0.1, -0.05) is 12.1 Å². The van der Waals surface area contributed by atoms with Crippen LogP contribution < -0.4 is 10.6 Å². The van der Waals surface area contributed by atoms with E-state index < -0.39 is 0 Å². The van der Waals surface area contributed by atoms with Gasteiger partial charge < -0.3 is 10.6 Å². The molecule has 5 nitrogen and oxygen atoms in total. The molecule has 0 bridgehead atoms. The van der Waals surface area contributed by atoms with Gasteiger partial charge in [0.1, 0.15) is 17.3 Å². The predicted molar refractivity (Wildman–Crippen MR) is 73.9 cm³/mol. The van der Waals surface area contributed by atoms with Crippen LogP contribution in [0.15, 0.2) is 36.7 Å². The third-order valence-electron chi connectivity index (χ3n) is 2.84. The van der Waals surface area contributed by atoms with Gasteiger partial charge in [0.15, 0.2) is 0 Å². The van der Waals surface area contributed by atoms with Crippen molar-refractivity contribution in [1.29, 1.82) is 0 Å². The summed E-state index contributed by atoms with van der Waals surface area (Å²) in [6, 6.07) is 5.79. The van der Waals surface area contributed by atoms with E-state index in [9.17, 15) is 9.18 Å². The Balaban J connectivity index is 2.06. The van der Waals surface area contributed by atoms with Gasteiger partial charge in [-0.3, -0.25) is 4.79 Å². The molecule has 2 N–H and O–H groups in total. The average molecular weight is 274 g/mol. The summed E-state index contributed by atoms with van der Waals surface area (Å²) in [7, 11) is 1.72. The number of anilines is 1. The van der Waals surface area contributed by atoms with Crippen molar-refractivity contribution in [1.82, 2.24) is 15.3 Å². The predicted octanol–water partition coefficient (Wildman–Crippen LogP) is 2.15. The quantitative estimate of drug-likeness (QED) is 0.896. The maximum Gasteiger partial charge on any atom is 0.271 e. The van der Waals surface area contributed by atoms with Crippen LogP contribution in [0.2, 0.25) is 0 Å². The van der Waals surface area contributed by atoms with Crippen molar-refractivity contribution < 1.29 is 9.18 Å². The molecule has 1 unspecified atom stereocenters. The van der Waals surface area contributed by atoms with Crippen molar-refractivity contribution in [3.05, 3.63) is 53.7 Å². The van der Waals surface area contributed by atoms with Crippen LogP contribution in [-0.2, 0) is 0 Å². The molecule has 1 amide bonds. The second-order valence-electron chi connectivity index (χ2n) is 4.29. The van der Waals surface area contributed by atoms with E-state index in [1.54, 1.807) is 26.1 Å². The fourth-order valence-corrected chi connectivity index (χ4v) is 1.70. The first kappa shape index (κ1) is 13.9. The number of nitrogens with zero attached hydrogens (tertiary/aromatic N) is 2. The van der Waals surface area contributed by atoms with Crippen LogP contribution in [0.5, 0.6) is 0 Å². The molecule has 6 heteroatoms. The standard InChI is InChI=1S/C14H15FN4O/c1-9(10-4-3-5-11(15)6-10)19-14(20)12-7-18-13(16-2)8-17-12/h3-9H,1-2H3,(H,16,18)(H,19,20). The Morgan fingerprint density at radius 3 is 2.70 bits per heavy atom. The minimum atomic E-state index is -0.350. The molecule has 0 aliphatic heterocycles. The number of carbonyl (C=O) groups excluding carboxylic acids is 1. The minimum Gasteiger partial charge on any atom is -0.372 e. The van der Waals surface area contributed by atoms with E-state index in [4.69, 9.17) is 0 Å². The number of amides is 1. The van der Waals surface area contributed by atoms with Gasteiger partial charge >= 0.3 is 0 Å². The van der Waals surface area contributed by atoms with Crippen LogP contribution in [0.25, 0.3) is 0 Å². The van der Waals surface area contributed by atoms with Crippen molar-refractivity contribution in [3.8, 4) is 0 Å². The summed E-state index contributed by atoms with van der Waals surface area (Å²) < 4.78 is 13.1. The lowest BCUT2D eigenvalue weighted by Gasteiger charge is -2.14. The van der Waals surface area contributed by atoms with Crippen molar-refractivity contribution >= 4 is 11.7 Å². The molecule has 0 aliphatic rings. The zero-order valence-corrected chi connectivity index (χ0v) is 11.2. The molecular formula is C14H15FN4O. The Bertz CT molecular complexity index is 600. The number of benzene rings is 1. The molecule has 1 atom stereocenters. The number of aromatic nitrogens is 2. The molecule has 2 rings (SSSR count). The van der Waals surface area contributed by atoms with E-state index >= 15 is 0 Å². The molecule has 104 valence electrons. The van der Waals surface area contributed by atoms with Crippen molar-refractivity contribution in [2.75, 3.05) is 12.4 Å². The van der Waals surface area contributed by atoms with E-state index in [1.807, 2.05) is 0 Å². The summed E-state index contributed by atoms with van der Waals surface area (Å²) >= 11 is 0. The van der Waals surface area contributed by atoms with E-state index in [1.165, 1.54) is 24.5 Å². The Hall–Kier alpha value is -2.50. The molecule has 1 aromatic heterocycles. The van der Waals surface area contributed by atoms with Crippen LogP contribution in [0.3, 0.4) is 0 Å². The molecular weight excluding hydrogens is 259 g/mol. The first-order valence-electron chi connectivity index (χ1n) is 6.16. The normalized spacial score (nSPS) is 11.8. The van der Waals surface area contributed by atoms with Gasteiger partial charge in [-0.05, 0) is 24.6 Å². The van der Waals surface area contributed by atoms with Crippen molar-refractivity contribution in [3.63, 3.8) is 0 Å². The highest BCUT2D eigenvalue weighted by molar-refractivity contribution is 5.92. The van der Waals surface area contributed by atoms with Gasteiger partial charge in [0, 0.05) is 7.05 Å². The Kier molecular flexibility index (Phi) is 4.24. The van der Waals surface area contributed by atoms with Crippen LogP contribution in [0.1, 0.15) is 29.0 Å². The van der Waals surface area contributed by atoms with Gasteiger partial charge in [0.2, 0.25) is 0 Å². The largest absolute Gasteiger partial charge is 0.372 e. The molecule has 1 heterocycles. The van der Waals surface area contributed by atoms with Gasteiger partial charge in [0.05, 0.1) is 18.4 Å². The molecule has 0 saturated heterocycles. The third-order valence-corrected chi connectivity index (χ3v) is 2.84. The highest BCUT2D eigenvalue weighted by atomic mass is 19.1. The van der Waals surface area contributed by atoms with Gasteiger partial charge in [-0.2, -0.15) is 0 Å². The smallest absolute Gasteiger partial charge is 0.271 e. The summed E-state index contributed by atoms with van der Waals surface area (Å²) in [5.74, 6) is -0.0987. The second-order valence-corrected chi connectivity index (χ2v) is 4.29. The number of nitrogens with one attached hydrogen (secondary N) is 2. The average Bonchev–Trinajstić information content (AvgIpc) is 2.47. The summed E-state index contributed by atoms with van der Waals surface area (Å²) in [4.78, 5) is 20.0. The zero-order valence-electron chi connectivity index (χ0n) is 11.2. The topological polar surface area (TPSA) is 66.9 Å². The third kappa shape index (κ3) is 3.28. The van der Waals surface area contributed by atoms with E-state index in [0.29, 0.717) is 11.4 Å². The molecule has 20 heavy (non-hydrogen) atoms. The van der Waals surface area contributed by atoms with E-state index in [-0.39, 0.29) is 23.5 Å². The summed E-state index contributed by atoms with van der Waals surface area (Å²) in [6.45, 7) is 1.78. The van der Waals surface area contributed by atoms with Gasteiger partial charge in [-0.25, -0.2) is 14.4 Å². The zero-order chi connectivity index (χ0) is 14.5. The highest BCUT2D eigenvalue weighted by Crippen LogP contribution is 2.14. The number of hydrogen-bond donors (Lipinski definition) is 2.